The summed E-state index contributed by atoms with van der Waals surface area (Å²) in [5, 5.41) is 3.79. The van der Waals surface area contributed by atoms with Crippen molar-refractivity contribution in [1.29, 1.82) is 0 Å². The van der Waals surface area contributed by atoms with E-state index < -0.39 is 10.0 Å². The summed E-state index contributed by atoms with van der Waals surface area (Å²) >= 11 is 5.91. The third-order valence-corrected chi connectivity index (χ3v) is 8.98. The molecule has 0 saturated carbocycles. The van der Waals surface area contributed by atoms with Gasteiger partial charge in [0.05, 0.1) is 17.7 Å². The minimum atomic E-state index is -3.50. The van der Waals surface area contributed by atoms with Crippen molar-refractivity contribution in [2.75, 3.05) is 13.1 Å². The van der Waals surface area contributed by atoms with Crippen molar-refractivity contribution in [1.82, 2.24) is 9.62 Å². The summed E-state index contributed by atoms with van der Waals surface area (Å²) in [6.07, 6.45) is 6.92. The van der Waals surface area contributed by atoms with E-state index in [0.29, 0.717) is 30.0 Å². The van der Waals surface area contributed by atoms with Gasteiger partial charge in [0.2, 0.25) is 15.9 Å². The Kier molecular flexibility index (Phi) is 7.77. The molecule has 4 rings (SSSR count). The van der Waals surface area contributed by atoms with Crippen LogP contribution in [0.1, 0.15) is 67.3 Å². The van der Waals surface area contributed by atoms with Crippen molar-refractivity contribution in [3.8, 4) is 0 Å². The molecule has 2 atom stereocenters. The van der Waals surface area contributed by atoms with Crippen LogP contribution in [-0.2, 0) is 33.4 Å². The van der Waals surface area contributed by atoms with Gasteiger partial charge in [0.25, 0.3) is 0 Å². The van der Waals surface area contributed by atoms with Crippen LogP contribution in [0.3, 0.4) is 0 Å². The van der Waals surface area contributed by atoms with Gasteiger partial charge in [0, 0.05) is 18.1 Å². The van der Waals surface area contributed by atoms with Gasteiger partial charge in [-0.15, -0.1) is 0 Å². The van der Waals surface area contributed by atoms with E-state index in [1.165, 1.54) is 28.3 Å². The summed E-state index contributed by atoms with van der Waals surface area (Å²) in [6.45, 7) is 2.78. The lowest BCUT2D eigenvalue weighted by atomic mass is 9.88. The van der Waals surface area contributed by atoms with Crippen molar-refractivity contribution in [2.24, 2.45) is 5.92 Å². The number of fused-ring (bicyclic) bond motifs is 1. The highest BCUT2D eigenvalue weighted by atomic mass is 35.5. The number of aryl methyl sites for hydroxylation is 2. The number of rotatable bonds is 7. The van der Waals surface area contributed by atoms with E-state index in [0.717, 1.165) is 24.8 Å². The molecule has 7 heteroatoms. The molecule has 0 radical (unpaired) electrons. The largest absolute Gasteiger partial charge is 0.349 e. The van der Waals surface area contributed by atoms with Crippen molar-refractivity contribution < 1.29 is 13.2 Å². The number of carbonyl (C=O) groups is 1. The van der Waals surface area contributed by atoms with Crippen molar-refractivity contribution in [2.45, 2.75) is 63.7 Å². The molecule has 1 N–H and O–H groups in total. The summed E-state index contributed by atoms with van der Waals surface area (Å²) in [5.74, 6) is -0.457. The van der Waals surface area contributed by atoms with Crippen LogP contribution in [0.4, 0.5) is 0 Å². The first-order valence-electron chi connectivity index (χ1n) is 12.0. The summed E-state index contributed by atoms with van der Waals surface area (Å²) in [6, 6.07) is 13.4. The highest BCUT2D eigenvalue weighted by molar-refractivity contribution is 7.88. The van der Waals surface area contributed by atoms with Crippen LogP contribution in [-0.4, -0.2) is 31.7 Å². The lowest BCUT2D eigenvalue weighted by Crippen LogP contribution is -2.46. The molecule has 2 aromatic rings. The summed E-state index contributed by atoms with van der Waals surface area (Å²) in [5.41, 5.74) is 4.68. The summed E-state index contributed by atoms with van der Waals surface area (Å²) in [4.78, 5) is 13.2. The number of sulfonamides is 1. The number of hydrogen-bond donors (Lipinski definition) is 1. The first-order chi connectivity index (χ1) is 15.9. The second-order valence-electron chi connectivity index (χ2n) is 9.28. The molecule has 1 fully saturated rings. The third kappa shape index (κ3) is 5.97. The monoisotopic (exact) mass is 488 g/mol. The highest BCUT2D eigenvalue weighted by Crippen LogP contribution is 2.27. The molecule has 1 saturated heterocycles. The highest BCUT2D eigenvalue weighted by Gasteiger charge is 2.33. The van der Waals surface area contributed by atoms with Gasteiger partial charge in [-0.2, -0.15) is 0 Å². The predicted octanol–water partition coefficient (Wildman–Crippen LogP) is 5.03. The number of halogens is 1. The van der Waals surface area contributed by atoms with Gasteiger partial charge in [-0.25, -0.2) is 12.7 Å². The number of hydrogen-bond acceptors (Lipinski definition) is 3. The van der Waals surface area contributed by atoms with Crippen LogP contribution in [0.5, 0.6) is 0 Å². The van der Waals surface area contributed by atoms with Crippen LogP contribution in [0.2, 0.25) is 5.02 Å². The molecule has 178 valence electrons. The Labute approximate surface area is 202 Å². The molecule has 0 bridgehead atoms. The average molecular weight is 489 g/mol. The van der Waals surface area contributed by atoms with Gasteiger partial charge < -0.3 is 5.32 Å². The summed E-state index contributed by atoms with van der Waals surface area (Å²) < 4.78 is 27.5. The first-order valence-corrected chi connectivity index (χ1v) is 14.0. The molecule has 2 aromatic carbocycles. The number of nitrogens with zero attached hydrogens (tertiary/aromatic N) is 1. The lowest BCUT2D eigenvalue weighted by Gasteiger charge is -2.32. The maximum absolute atomic E-state index is 13.2. The molecule has 5 nitrogen and oxygen atoms in total. The zero-order valence-corrected chi connectivity index (χ0v) is 20.8. The van der Waals surface area contributed by atoms with E-state index in [9.17, 15) is 13.2 Å². The molecule has 1 amide bonds. The van der Waals surface area contributed by atoms with Gasteiger partial charge in [-0.05, 0) is 79.3 Å². The van der Waals surface area contributed by atoms with Crippen LogP contribution in [0.25, 0.3) is 0 Å². The molecule has 1 aliphatic carbocycles. The Bertz CT molecular complexity index is 1090. The normalized spacial score (nSPS) is 20.1. The number of benzene rings is 2. The molecular formula is C26H33ClN2O3S. The fraction of sp³-hybridized carbons (Fsp3) is 0.500. The number of amides is 1. The Balaban J connectivity index is 1.41. The van der Waals surface area contributed by atoms with E-state index in [-0.39, 0.29) is 30.2 Å². The van der Waals surface area contributed by atoms with Crippen LogP contribution < -0.4 is 5.32 Å². The number of piperidine rings is 1. The van der Waals surface area contributed by atoms with E-state index in [1.807, 2.05) is 0 Å². The lowest BCUT2D eigenvalue weighted by molar-refractivity contribution is -0.126. The van der Waals surface area contributed by atoms with E-state index in [2.05, 4.69) is 30.4 Å². The van der Waals surface area contributed by atoms with Gasteiger partial charge in [0.1, 0.15) is 0 Å². The minimum Gasteiger partial charge on any atom is -0.349 e. The maximum Gasteiger partial charge on any atom is 0.224 e. The average Bonchev–Trinajstić information content (AvgIpc) is 2.83. The van der Waals surface area contributed by atoms with Gasteiger partial charge >= 0.3 is 0 Å². The first kappa shape index (κ1) is 24.2. The van der Waals surface area contributed by atoms with Gasteiger partial charge in [-0.3, -0.25) is 4.79 Å². The fourth-order valence-electron chi connectivity index (χ4n) is 4.97. The van der Waals surface area contributed by atoms with Crippen molar-refractivity contribution in [3.63, 3.8) is 0 Å². The molecule has 1 aliphatic heterocycles. The number of nitrogens with one attached hydrogen (secondary N) is 1. The van der Waals surface area contributed by atoms with Gasteiger partial charge in [-0.1, -0.05) is 48.9 Å². The Morgan fingerprint density at radius 2 is 1.82 bits per heavy atom. The summed E-state index contributed by atoms with van der Waals surface area (Å²) in [7, 11) is -3.50. The molecule has 2 aliphatic rings. The molecule has 33 heavy (non-hydrogen) atoms. The topological polar surface area (TPSA) is 66.5 Å². The molecule has 1 heterocycles. The second kappa shape index (κ2) is 10.6. The molecule has 0 unspecified atom stereocenters. The zero-order chi connectivity index (χ0) is 23.4. The Hall–Kier alpha value is -1.89. The van der Waals surface area contributed by atoms with Crippen LogP contribution >= 0.6 is 11.6 Å². The van der Waals surface area contributed by atoms with E-state index >= 15 is 0 Å². The number of carbonyl (C=O) groups excluding carboxylic acids is 1. The van der Waals surface area contributed by atoms with Crippen LogP contribution in [0.15, 0.2) is 42.5 Å². The minimum absolute atomic E-state index is 0.0500. The SMILES string of the molecule is CC[C@H](NC(=O)[C@@H]1CCCN(S(=O)(=O)Cc2ccc(Cl)cc2)C1)c1ccc2c(c1)CCCC2. The maximum atomic E-state index is 13.2. The molecule has 0 spiro atoms. The standard InChI is InChI=1S/C26H33ClN2O3S/c1-2-25(22-12-11-20-6-3-4-7-21(20)16-22)28-26(30)23-8-5-15-29(17-23)33(31,32)18-19-9-13-24(27)14-10-19/h9-14,16,23,25H,2-8,15,17-18H2,1H3,(H,28,30)/t23-,25+/m1/s1. The van der Waals surface area contributed by atoms with Crippen molar-refractivity contribution >= 4 is 27.5 Å². The van der Waals surface area contributed by atoms with Crippen LogP contribution in [0, 0.1) is 5.92 Å². The Morgan fingerprint density at radius 1 is 1.09 bits per heavy atom. The predicted molar refractivity (Wildman–Crippen MR) is 133 cm³/mol. The fourth-order valence-corrected chi connectivity index (χ4v) is 6.71. The smallest absolute Gasteiger partial charge is 0.224 e. The Morgan fingerprint density at radius 3 is 2.55 bits per heavy atom. The van der Waals surface area contributed by atoms with E-state index in [1.54, 1.807) is 24.3 Å². The second-order valence-corrected chi connectivity index (χ2v) is 11.7. The third-order valence-electron chi connectivity index (χ3n) is 6.91. The van der Waals surface area contributed by atoms with Crippen molar-refractivity contribution in [3.05, 3.63) is 69.7 Å². The van der Waals surface area contributed by atoms with E-state index in [4.69, 9.17) is 11.6 Å². The zero-order valence-electron chi connectivity index (χ0n) is 19.2. The molecule has 0 aromatic heterocycles. The molecular weight excluding hydrogens is 456 g/mol. The quantitative estimate of drug-likeness (QED) is 0.594. The van der Waals surface area contributed by atoms with Gasteiger partial charge in [0.15, 0.2) is 0 Å².